The number of fused-ring (bicyclic) bond motifs is 1. The quantitative estimate of drug-likeness (QED) is 0.617. The van der Waals surface area contributed by atoms with Gasteiger partial charge in [-0.05, 0) is 36.4 Å². The van der Waals surface area contributed by atoms with Crippen molar-refractivity contribution < 1.29 is 4.79 Å². The molecule has 0 aliphatic heterocycles. The van der Waals surface area contributed by atoms with Crippen LogP contribution in [-0.2, 0) is 0 Å². The van der Waals surface area contributed by atoms with E-state index in [4.69, 9.17) is 0 Å². The van der Waals surface area contributed by atoms with Gasteiger partial charge in [-0.15, -0.1) is 0 Å². The number of aromatic amines is 2. The van der Waals surface area contributed by atoms with E-state index in [1.165, 1.54) is 0 Å². The fourth-order valence-corrected chi connectivity index (χ4v) is 1.80. The van der Waals surface area contributed by atoms with Gasteiger partial charge in [0.05, 0.1) is 0 Å². The molecule has 0 unspecified atom stereocenters. The first-order chi connectivity index (χ1) is 8.33. The van der Waals surface area contributed by atoms with Crippen molar-refractivity contribution in [2.45, 2.75) is 0 Å². The molecular formula is C13H11N3O. The van der Waals surface area contributed by atoms with Crippen LogP contribution >= 0.6 is 0 Å². The van der Waals surface area contributed by atoms with Crippen LogP contribution in [0.4, 0.5) is 5.69 Å². The molecular weight excluding hydrogens is 214 g/mol. The van der Waals surface area contributed by atoms with Crippen molar-refractivity contribution in [3.63, 3.8) is 0 Å². The minimum atomic E-state index is -0.134. The Hall–Kier alpha value is -2.49. The van der Waals surface area contributed by atoms with Crippen LogP contribution in [-0.4, -0.2) is 15.9 Å². The lowest BCUT2D eigenvalue weighted by Crippen LogP contribution is -2.11. The first kappa shape index (κ1) is 9.72. The highest BCUT2D eigenvalue weighted by Crippen LogP contribution is 2.18. The summed E-state index contributed by atoms with van der Waals surface area (Å²) in [6.45, 7) is 0. The normalized spacial score (nSPS) is 10.6. The van der Waals surface area contributed by atoms with Gasteiger partial charge in [0, 0.05) is 29.0 Å². The van der Waals surface area contributed by atoms with Gasteiger partial charge in [0.15, 0.2) is 0 Å². The Balaban J connectivity index is 1.87. The number of amides is 1. The third-order valence-corrected chi connectivity index (χ3v) is 2.65. The lowest BCUT2D eigenvalue weighted by molar-refractivity contribution is 0.102. The van der Waals surface area contributed by atoms with Crippen LogP contribution in [0.5, 0.6) is 0 Å². The zero-order valence-corrected chi connectivity index (χ0v) is 9.03. The van der Waals surface area contributed by atoms with Gasteiger partial charge in [-0.1, -0.05) is 0 Å². The van der Waals surface area contributed by atoms with E-state index < -0.39 is 0 Å². The molecule has 17 heavy (non-hydrogen) atoms. The minimum absolute atomic E-state index is 0.134. The molecule has 0 aliphatic carbocycles. The third kappa shape index (κ3) is 1.80. The molecule has 0 atom stereocenters. The van der Waals surface area contributed by atoms with E-state index in [2.05, 4.69) is 15.3 Å². The van der Waals surface area contributed by atoms with Crippen molar-refractivity contribution in [3.8, 4) is 0 Å². The summed E-state index contributed by atoms with van der Waals surface area (Å²) in [5, 5.41) is 3.92. The number of carbonyl (C=O) groups is 1. The zero-order valence-electron chi connectivity index (χ0n) is 9.03. The molecule has 3 rings (SSSR count). The SMILES string of the molecule is O=C(Nc1ccc2[nH]ccc2c1)c1ccc[nH]1. The number of H-pyrrole nitrogens is 2. The Morgan fingerprint density at radius 1 is 1.06 bits per heavy atom. The standard InChI is InChI=1S/C13H11N3O/c17-13(12-2-1-6-14-12)16-10-3-4-11-9(8-10)5-7-15-11/h1-8,14-15H,(H,16,17). The number of hydrogen-bond acceptors (Lipinski definition) is 1. The lowest BCUT2D eigenvalue weighted by atomic mass is 10.2. The van der Waals surface area contributed by atoms with E-state index in [1.807, 2.05) is 30.5 Å². The molecule has 4 heteroatoms. The number of anilines is 1. The molecule has 0 fully saturated rings. The van der Waals surface area contributed by atoms with Crippen LogP contribution in [0.2, 0.25) is 0 Å². The van der Waals surface area contributed by atoms with Crippen molar-refractivity contribution in [2.75, 3.05) is 5.32 Å². The molecule has 4 nitrogen and oxygen atoms in total. The van der Waals surface area contributed by atoms with Gasteiger partial charge < -0.3 is 15.3 Å². The highest BCUT2D eigenvalue weighted by Gasteiger charge is 2.06. The smallest absolute Gasteiger partial charge is 0.272 e. The van der Waals surface area contributed by atoms with E-state index >= 15 is 0 Å². The van der Waals surface area contributed by atoms with E-state index in [1.54, 1.807) is 18.3 Å². The first-order valence-corrected chi connectivity index (χ1v) is 5.35. The van der Waals surface area contributed by atoms with Gasteiger partial charge in [0.2, 0.25) is 0 Å². The number of nitrogens with one attached hydrogen (secondary N) is 3. The summed E-state index contributed by atoms with van der Waals surface area (Å²) in [4.78, 5) is 17.8. The fraction of sp³-hybridized carbons (Fsp3) is 0. The molecule has 0 spiro atoms. The van der Waals surface area contributed by atoms with Gasteiger partial charge in [-0.3, -0.25) is 4.79 Å². The van der Waals surface area contributed by atoms with Crippen LogP contribution in [0.25, 0.3) is 10.9 Å². The molecule has 0 aliphatic rings. The number of rotatable bonds is 2. The van der Waals surface area contributed by atoms with Crippen molar-refractivity contribution in [3.05, 3.63) is 54.5 Å². The lowest BCUT2D eigenvalue weighted by Gasteiger charge is -2.03. The minimum Gasteiger partial charge on any atom is -0.361 e. The van der Waals surface area contributed by atoms with Crippen molar-refractivity contribution in [1.29, 1.82) is 0 Å². The second-order valence-corrected chi connectivity index (χ2v) is 3.82. The third-order valence-electron chi connectivity index (χ3n) is 2.65. The number of benzene rings is 1. The van der Waals surface area contributed by atoms with Gasteiger partial charge >= 0.3 is 0 Å². The molecule has 1 amide bonds. The van der Waals surface area contributed by atoms with Crippen molar-refractivity contribution >= 4 is 22.5 Å². The maximum absolute atomic E-state index is 11.8. The molecule has 2 aromatic heterocycles. The molecule has 1 aromatic carbocycles. The summed E-state index contributed by atoms with van der Waals surface area (Å²) in [5.74, 6) is -0.134. The van der Waals surface area contributed by atoms with Crippen LogP contribution in [0.3, 0.4) is 0 Å². The Bertz CT molecular complexity index is 652. The topological polar surface area (TPSA) is 60.7 Å². The molecule has 84 valence electrons. The van der Waals surface area contributed by atoms with Crippen LogP contribution in [0.1, 0.15) is 10.5 Å². The van der Waals surface area contributed by atoms with Crippen molar-refractivity contribution in [1.82, 2.24) is 9.97 Å². The highest BCUT2D eigenvalue weighted by atomic mass is 16.1. The van der Waals surface area contributed by atoms with Gasteiger partial charge in [0.25, 0.3) is 5.91 Å². The molecule has 0 bridgehead atoms. The molecule has 0 radical (unpaired) electrons. The van der Waals surface area contributed by atoms with E-state index in [-0.39, 0.29) is 5.91 Å². The van der Waals surface area contributed by atoms with Gasteiger partial charge in [-0.25, -0.2) is 0 Å². The monoisotopic (exact) mass is 225 g/mol. The summed E-state index contributed by atoms with van der Waals surface area (Å²) in [6, 6.07) is 11.3. The second-order valence-electron chi connectivity index (χ2n) is 3.82. The summed E-state index contributed by atoms with van der Waals surface area (Å²) in [7, 11) is 0. The fourth-order valence-electron chi connectivity index (χ4n) is 1.80. The van der Waals surface area contributed by atoms with E-state index in [0.29, 0.717) is 5.69 Å². The summed E-state index contributed by atoms with van der Waals surface area (Å²) < 4.78 is 0. The maximum atomic E-state index is 11.8. The van der Waals surface area contributed by atoms with Gasteiger partial charge in [0.1, 0.15) is 5.69 Å². The van der Waals surface area contributed by atoms with Crippen LogP contribution in [0.15, 0.2) is 48.8 Å². The van der Waals surface area contributed by atoms with Gasteiger partial charge in [-0.2, -0.15) is 0 Å². The Morgan fingerprint density at radius 3 is 2.82 bits per heavy atom. The molecule has 3 aromatic rings. The predicted octanol–water partition coefficient (Wildman–Crippen LogP) is 2.75. The second kappa shape index (κ2) is 3.83. The highest BCUT2D eigenvalue weighted by molar-refractivity contribution is 6.03. The average molecular weight is 225 g/mol. The zero-order chi connectivity index (χ0) is 11.7. The van der Waals surface area contributed by atoms with E-state index in [0.717, 1.165) is 16.6 Å². The molecule has 2 heterocycles. The van der Waals surface area contributed by atoms with Crippen molar-refractivity contribution in [2.24, 2.45) is 0 Å². The Kier molecular flexibility index (Phi) is 2.19. The summed E-state index contributed by atoms with van der Waals surface area (Å²) in [6.07, 6.45) is 3.60. The Labute approximate surface area is 97.7 Å². The largest absolute Gasteiger partial charge is 0.361 e. The number of carbonyl (C=O) groups excluding carboxylic acids is 1. The maximum Gasteiger partial charge on any atom is 0.272 e. The predicted molar refractivity (Wildman–Crippen MR) is 67.0 cm³/mol. The van der Waals surface area contributed by atoms with E-state index in [9.17, 15) is 4.79 Å². The number of hydrogen-bond donors (Lipinski definition) is 3. The molecule has 3 N–H and O–H groups in total. The molecule has 0 saturated carbocycles. The summed E-state index contributed by atoms with van der Waals surface area (Å²) >= 11 is 0. The average Bonchev–Trinajstić information content (AvgIpc) is 2.99. The molecule has 0 saturated heterocycles. The number of aromatic nitrogens is 2. The Morgan fingerprint density at radius 2 is 2.00 bits per heavy atom. The summed E-state index contributed by atoms with van der Waals surface area (Å²) in [5.41, 5.74) is 2.40. The van der Waals surface area contributed by atoms with Crippen LogP contribution < -0.4 is 5.32 Å². The van der Waals surface area contributed by atoms with Crippen LogP contribution in [0, 0.1) is 0 Å². The first-order valence-electron chi connectivity index (χ1n) is 5.35.